The van der Waals surface area contributed by atoms with Crippen LogP contribution in [0, 0.1) is 5.82 Å². The van der Waals surface area contributed by atoms with E-state index in [0.717, 1.165) is 0 Å². The molecule has 0 aliphatic rings. The van der Waals surface area contributed by atoms with Crippen LogP contribution >= 0.6 is 0 Å². The average molecular weight is 329 g/mol. The molecule has 2 N–H and O–H groups in total. The Balaban J connectivity index is 2.29. The quantitative estimate of drug-likeness (QED) is 0.750. The number of nitrogens with one attached hydrogen (secondary N) is 1. The molecule has 0 aliphatic heterocycles. The van der Waals surface area contributed by atoms with E-state index in [1.165, 1.54) is 13.2 Å². The molecule has 5 nitrogen and oxygen atoms in total. The van der Waals surface area contributed by atoms with Gasteiger partial charge in [-0.1, -0.05) is 12.1 Å². The number of hydrogen-bond acceptors (Lipinski definition) is 3. The van der Waals surface area contributed by atoms with Crippen LogP contribution in [-0.4, -0.2) is 30.3 Å². The average Bonchev–Trinajstić information content (AvgIpc) is 2.93. The molecule has 0 atom stereocenters. The standard InChI is InChI=1S/C18H16FNO4/c1-23-10-6-7-12(15(8-10)24-2)17-13(9-16(21)22)11-4-3-5-14(19)18(11)20-17/h3-8,20H,9H2,1-2H3,(H,21,22). The number of ether oxygens (including phenoxy) is 2. The Labute approximate surface area is 137 Å². The van der Waals surface area contributed by atoms with Gasteiger partial charge in [-0.3, -0.25) is 4.79 Å². The van der Waals surface area contributed by atoms with Crippen LogP contribution in [-0.2, 0) is 11.2 Å². The second-order valence-electron chi connectivity index (χ2n) is 5.28. The Hall–Kier alpha value is -3.02. The number of aromatic amines is 1. The van der Waals surface area contributed by atoms with E-state index in [1.807, 2.05) is 0 Å². The van der Waals surface area contributed by atoms with Crippen LogP contribution in [0.15, 0.2) is 36.4 Å². The molecule has 0 fully saturated rings. The van der Waals surface area contributed by atoms with Crippen LogP contribution in [0.3, 0.4) is 0 Å². The Morgan fingerprint density at radius 2 is 2.00 bits per heavy atom. The molecule has 0 aliphatic carbocycles. The summed E-state index contributed by atoms with van der Waals surface area (Å²) in [6, 6.07) is 9.79. The van der Waals surface area contributed by atoms with Crippen molar-refractivity contribution in [1.29, 1.82) is 0 Å². The third kappa shape index (κ3) is 2.67. The maximum absolute atomic E-state index is 14.1. The number of carbonyl (C=O) groups is 1. The van der Waals surface area contributed by atoms with Crippen molar-refractivity contribution < 1.29 is 23.8 Å². The molecular formula is C18H16FNO4. The zero-order chi connectivity index (χ0) is 17.3. The van der Waals surface area contributed by atoms with Gasteiger partial charge in [0.2, 0.25) is 0 Å². The summed E-state index contributed by atoms with van der Waals surface area (Å²) < 4.78 is 24.7. The van der Waals surface area contributed by atoms with Gasteiger partial charge in [0.25, 0.3) is 0 Å². The molecule has 0 amide bonds. The number of halogens is 1. The lowest BCUT2D eigenvalue weighted by molar-refractivity contribution is -0.136. The van der Waals surface area contributed by atoms with Gasteiger partial charge in [0.1, 0.15) is 17.3 Å². The zero-order valence-corrected chi connectivity index (χ0v) is 13.2. The van der Waals surface area contributed by atoms with Crippen molar-refractivity contribution in [3.05, 3.63) is 47.8 Å². The number of carboxylic acid groups (broad SMARTS) is 1. The van der Waals surface area contributed by atoms with E-state index in [1.54, 1.807) is 37.4 Å². The second-order valence-corrected chi connectivity index (χ2v) is 5.28. The number of methoxy groups -OCH3 is 2. The number of hydrogen-bond donors (Lipinski definition) is 2. The molecule has 0 unspecified atom stereocenters. The molecule has 124 valence electrons. The largest absolute Gasteiger partial charge is 0.497 e. The number of para-hydroxylation sites is 1. The first-order valence-electron chi connectivity index (χ1n) is 7.28. The molecule has 3 rings (SSSR count). The number of benzene rings is 2. The third-order valence-electron chi connectivity index (χ3n) is 3.90. The molecule has 0 bridgehead atoms. The molecule has 0 radical (unpaired) electrons. The van der Waals surface area contributed by atoms with Gasteiger partial charge in [0.15, 0.2) is 0 Å². The van der Waals surface area contributed by atoms with Crippen LogP contribution in [0.2, 0.25) is 0 Å². The predicted molar refractivity (Wildman–Crippen MR) is 88.1 cm³/mol. The summed E-state index contributed by atoms with van der Waals surface area (Å²) in [4.78, 5) is 14.3. The first-order valence-corrected chi connectivity index (χ1v) is 7.28. The number of fused-ring (bicyclic) bond motifs is 1. The summed E-state index contributed by atoms with van der Waals surface area (Å²) in [5.41, 5.74) is 1.96. The molecule has 3 aromatic rings. The normalized spacial score (nSPS) is 10.8. The summed E-state index contributed by atoms with van der Waals surface area (Å²) in [6.45, 7) is 0. The van der Waals surface area contributed by atoms with Crippen molar-refractivity contribution in [2.75, 3.05) is 14.2 Å². The van der Waals surface area contributed by atoms with Gasteiger partial charge >= 0.3 is 5.97 Å². The van der Waals surface area contributed by atoms with Crippen LogP contribution in [0.5, 0.6) is 11.5 Å². The van der Waals surface area contributed by atoms with Gasteiger partial charge in [0.05, 0.1) is 31.9 Å². The van der Waals surface area contributed by atoms with Gasteiger partial charge in [-0.25, -0.2) is 4.39 Å². The molecule has 6 heteroatoms. The molecule has 24 heavy (non-hydrogen) atoms. The summed E-state index contributed by atoms with van der Waals surface area (Å²) >= 11 is 0. The van der Waals surface area contributed by atoms with E-state index in [9.17, 15) is 14.3 Å². The van der Waals surface area contributed by atoms with Crippen molar-refractivity contribution in [3.8, 4) is 22.8 Å². The summed E-state index contributed by atoms with van der Waals surface area (Å²) in [5, 5.41) is 9.78. The van der Waals surface area contributed by atoms with E-state index in [0.29, 0.717) is 33.7 Å². The Morgan fingerprint density at radius 1 is 1.21 bits per heavy atom. The smallest absolute Gasteiger partial charge is 0.307 e. The van der Waals surface area contributed by atoms with Crippen LogP contribution in [0.25, 0.3) is 22.2 Å². The van der Waals surface area contributed by atoms with Crippen molar-refractivity contribution >= 4 is 16.9 Å². The van der Waals surface area contributed by atoms with Crippen LogP contribution < -0.4 is 9.47 Å². The number of aromatic nitrogens is 1. The van der Waals surface area contributed by atoms with E-state index in [2.05, 4.69) is 4.98 Å². The number of aliphatic carboxylic acids is 1. The first-order chi connectivity index (χ1) is 11.5. The van der Waals surface area contributed by atoms with E-state index >= 15 is 0 Å². The highest BCUT2D eigenvalue weighted by molar-refractivity contribution is 5.95. The minimum Gasteiger partial charge on any atom is -0.497 e. The monoisotopic (exact) mass is 329 g/mol. The molecule has 1 aromatic heterocycles. The molecule has 0 spiro atoms. The minimum atomic E-state index is -0.992. The Morgan fingerprint density at radius 3 is 2.67 bits per heavy atom. The van der Waals surface area contributed by atoms with Crippen molar-refractivity contribution in [2.45, 2.75) is 6.42 Å². The predicted octanol–water partition coefficient (Wildman–Crippen LogP) is 3.62. The fourth-order valence-corrected chi connectivity index (χ4v) is 2.81. The lowest BCUT2D eigenvalue weighted by Gasteiger charge is -2.11. The summed E-state index contributed by atoms with van der Waals surface area (Å²) in [6.07, 6.45) is -0.228. The van der Waals surface area contributed by atoms with Crippen molar-refractivity contribution in [1.82, 2.24) is 4.98 Å². The maximum atomic E-state index is 14.1. The van der Waals surface area contributed by atoms with Gasteiger partial charge in [0, 0.05) is 17.0 Å². The number of H-pyrrole nitrogens is 1. The van der Waals surface area contributed by atoms with Gasteiger partial charge in [-0.2, -0.15) is 0 Å². The zero-order valence-electron chi connectivity index (χ0n) is 13.2. The van der Waals surface area contributed by atoms with Crippen molar-refractivity contribution in [2.24, 2.45) is 0 Å². The fraction of sp³-hybridized carbons (Fsp3) is 0.167. The maximum Gasteiger partial charge on any atom is 0.307 e. The molecule has 0 saturated heterocycles. The lowest BCUT2D eigenvalue weighted by atomic mass is 10.0. The fourth-order valence-electron chi connectivity index (χ4n) is 2.81. The van der Waals surface area contributed by atoms with Gasteiger partial charge in [-0.15, -0.1) is 0 Å². The molecule has 1 heterocycles. The SMILES string of the molecule is COc1ccc(-c2[nH]c3c(F)cccc3c2CC(=O)O)c(OC)c1. The third-order valence-corrected chi connectivity index (χ3v) is 3.90. The second kappa shape index (κ2) is 6.23. The molecular weight excluding hydrogens is 313 g/mol. The summed E-state index contributed by atoms with van der Waals surface area (Å²) in [7, 11) is 3.06. The van der Waals surface area contributed by atoms with Gasteiger partial charge in [-0.05, 0) is 23.8 Å². The molecule has 0 saturated carbocycles. The van der Waals surface area contributed by atoms with E-state index in [-0.39, 0.29) is 11.9 Å². The highest BCUT2D eigenvalue weighted by Gasteiger charge is 2.20. The van der Waals surface area contributed by atoms with Crippen LogP contribution in [0.1, 0.15) is 5.56 Å². The number of rotatable bonds is 5. The summed E-state index contributed by atoms with van der Waals surface area (Å²) in [5.74, 6) is -0.308. The topological polar surface area (TPSA) is 71.6 Å². The van der Waals surface area contributed by atoms with Crippen LogP contribution in [0.4, 0.5) is 4.39 Å². The first kappa shape index (κ1) is 15.9. The highest BCUT2D eigenvalue weighted by Crippen LogP contribution is 2.38. The van der Waals surface area contributed by atoms with E-state index in [4.69, 9.17) is 9.47 Å². The van der Waals surface area contributed by atoms with Crippen molar-refractivity contribution in [3.63, 3.8) is 0 Å². The van der Waals surface area contributed by atoms with Gasteiger partial charge < -0.3 is 19.6 Å². The highest BCUT2D eigenvalue weighted by atomic mass is 19.1. The van der Waals surface area contributed by atoms with E-state index < -0.39 is 11.8 Å². The minimum absolute atomic E-state index is 0.228. The lowest BCUT2D eigenvalue weighted by Crippen LogP contribution is -2.01. The number of carboxylic acids is 1. The molecule has 2 aromatic carbocycles. The Kier molecular flexibility index (Phi) is 4.12. The Bertz CT molecular complexity index is 917.